The molecule has 4 rings (SSSR count). The Hall–Kier alpha value is -3.64. The van der Waals surface area contributed by atoms with Crippen LogP contribution in [0.3, 0.4) is 0 Å². The number of nitrogens with zero attached hydrogens (tertiary/aromatic N) is 2. The maximum absolute atomic E-state index is 13.0. The number of nitrogens with one attached hydrogen (secondary N) is 1. The number of ether oxygens (including phenoxy) is 1. The highest BCUT2D eigenvalue weighted by Crippen LogP contribution is 2.23. The van der Waals surface area contributed by atoms with Crippen LogP contribution in [0.2, 0.25) is 5.02 Å². The molecule has 0 aliphatic rings. The van der Waals surface area contributed by atoms with Crippen molar-refractivity contribution < 1.29 is 14.3 Å². The molecule has 0 fully saturated rings. The van der Waals surface area contributed by atoms with E-state index in [1.165, 1.54) is 0 Å². The fourth-order valence-corrected chi connectivity index (χ4v) is 3.70. The first-order chi connectivity index (χ1) is 15.5. The molecule has 1 unspecified atom stereocenters. The first-order valence-corrected chi connectivity index (χ1v) is 10.5. The lowest BCUT2D eigenvalue weighted by molar-refractivity contribution is 0.0937. The molecule has 1 heterocycles. The van der Waals surface area contributed by atoms with Gasteiger partial charge in [0.1, 0.15) is 11.6 Å². The molecule has 1 amide bonds. The summed E-state index contributed by atoms with van der Waals surface area (Å²) in [5.74, 6) is 0.882. The Morgan fingerprint density at radius 3 is 2.53 bits per heavy atom. The normalized spacial score (nSPS) is 11.8. The number of fused-ring (bicyclic) bond motifs is 1. The van der Waals surface area contributed by atoms with Gasteiger partial charge >= 0.3 is 0 Å². The van der Waals surface area contributed by atoms with Crippen LogP contribution >= 0.6 is 11.6 Å². The Bertz CT molecular complexity index is 1280. The van der Waals surface area contributed by atoms with Crippen molar-refractivity contribution in [3.63, 3.8) is 0 Å². The Balaban J connectivity index is 1.63. The minimum absolute atomic E-state index is 0.0719. The molecule has 0 spiro atoms. The van der Waals surface area contributed by atoms with Crippen molar-refractivity contribution in [1.82, 2.24) is 14.9 Å². The van der Waals surface area contributed by atoms with Crippen LogP contribution in [0.5, 0.6) is 5.75 Å². The number of aromatic nitrogens is 2. The van der Waals surface area contributed by atoms with Crippen LogP contribution in [0.15, 0.2) is 72.8 Å². The third-order valence-electron chi connectivity index (χ3n) is 5.22. The molecule has 0 radical (unpaired) electrons. The molecule has 4 aromatic rings. The molecule has 3 aromatic carbocycles. The number of Topliss-reactive ketones (excluding diaryl/α,β-unsaturated/α-hetero) is 1. The number of methoxy groups -OCH3 is 1. The van der Waals surface area contributed by atoms with Crippen LogP contribution in [0.25, 0.3) is 11.0 Å². The number of halogens is 1. The Morgan fingerprint density at radius 2 is 1.78 bits per heavy atom. The highest BCUT2D eigenvalue weighted by molar-refractivity contribution is 6.30. The number of carbonyl (C=O) groups excluding carboxylic acids is 2. The summed E-state index contributed by atoms with van der Waals surface area (Å²) in [6, 6.07) is 20.9. The SMILES string of the molecule is COc1cccc(C(=O)NC(C)c2nc3ccccc3n2CC(=O)c2ccc(Cl)cc2)c1. The number of ketones is 1. The van der Waals surface area contributed by atoms with E-state index in [0.29, 0.717) is 27.7 Å². The summed E-state index contributed by atoms with van der Waals surface area (Å²) in [7, 11) is 1.56. The summed E-state index contributed by atoms with van der Waals surface area (Å²) >= 11 is 5.95. The van der Waals surface area contributed by atoms with Gasteiger partial charge in [0, 0.05) is 16.1 Å². The van der Waals surface area contributed by atoms with Crippen molar-refractivity contribution >= 4 is 34.3 Å². The second-order valence-corrected chi connectivity index (χ2v) is 7.84. The first kappa shape index (κ1) is 21.6. The lowest BCUT2D eigenvalue weighted by Crippen LogP contribution is -2.29. The molecule has 1 aromatic heterocycles. The number of benzene rings is 3. The first-order valence-electron chi connectivity index (χ1n) is 10.1. The summed E-state index contributed by atoms with van der Waals surface area (Å²) in [4.78, 5) is 30.5. The van der Waals surface area contributed by atoms with Crippen LogP contribution in [-0.4, -0.2) is 28.4 Å². The minimum atomic E-state index is -0.431. The number of carbonyl (C=O) groups is 2. The Morgan fingerprint density at radius 1 is 1.03 bits per heavy atom. The van der Waals surface area contributed by atoms with Crippen LogP contribution in [-0.2, 0) is 6.54 Å². The van der Waals surface area contributed by atoms with E-state index in [9.17, 15) is 9.59 Å². The molecule has 7 heteroatoms. The molecule has 32 heavy (non-hydrogen) atoms. The summed E-state index contributed by atoms with van der Waals surface area (Å²) < 4.78 is 7.05. The smallest absolute Gasteiger partial charge is 0.251 e. The van der Waals surface area contributed by atoms with Gasteiger partial charge in [-0.1, -0.05) is 29.8 Å². The number of imidazole rings is 1. The van der Waals surface area contributed by atoms with E-state index in [1.807, 2.05) is 35.8 Å². The van der Waals surface area contributed by atoms with Crippen molar-refractivity contribution in [2.24, 2.45) is 0 Å². The van der Waals surface area contributed by atoms with Crippen LogP contribution < -0.4 is 10.1 Å². The maximum Gasteiger partial charge on any atom is 0.251 e. The molecule has 0 saturated heterocycles. The zero-order chi connectivity index (χ0) is 22.7. The zero-order valence-electron chi connectivity index (χ0n) is 17.7. The number of hydrogen-bond acceptors (Lipinski definition) is 4. The third kappa shape index (κ3) is 4.50. The van der Waals surface area contributed by atoms with Gasteiger partial charge in [0.2, 0.25) is 0 Å². The summed E-state index contributed by atoms with van der Waals surface area (Å²) in [6.45, 7) is 1.94. The van der Waals surface area contributed by atoms with E-state index in [1.54, 1.807) is 55.6 Å². The number of hydrogen-bond donors (Lipinski definition) is 1. The monoisotopic (exact) mass is 447 g/mol. The predicted molar refractivity (Wildman–Crippen MR) is 124 cm³/mol. The largest absolute Gasteiger partial charge is 0.497 e. The van der Waals surface area contributed by atoms with Gasteiger partial charge in [-0.05, 0) is 61.5 Å². The van der Waals surface area contributed by atoms with Gasteiger partial charge in [0.15, 0.2) is 5.78 Å². The minimum Gasteiger partial charge on any atom is -0.497 e. The van der Waals surface area contributed by atoms with E-state index in [2.05, 4.69) is 5.32 Å². The average molecular weight is 448 g/mol. The van der Waals surface area contributed by atoms with Gasteiger partial charge in [0.25, 0.3) is 5.91 Å². The second kappa shape index (κ2) is 9.24. The lowest BCUT2D eigenvalue weighted by Gasteiger charge is -2.16. The standard InChI is InChI=1S/C25H22ClN3O3/c1-16(27-25(31)18-6-5-7-20(14-18)32-2)24-28-21-8-3-4-9-22(21)29(24)15-23(30)17-10-12-19(26)13-11-17/h3-14,16H,15H2,1-2H3,(H,27,31). The van der Waals surface area contributed by atoms with E-state index in [4.69, 9.17) is 21.3 Å². The van der Waals surface area contributed by atoms with Crippen molar-refractivity contribution in [3.8, 4) is 5.75 Å². The van der Waals surface area contributed by atoms with Crippen LogP contribution in [0, 0.1) is 0 Å². The second-order valence-electron chi connectivity index (χ2n) is 7.40. The molecule has 0 aliphatic carbocycles. The van der Waals surface area contributed by atoms with E-state index in [0.717, 1.165) is 11.0 Å². The maximum atomic E-state index is 13.0. The summed E-state index contributed by atoms with van der Waals surface area (Å²) in [5, 5.41) is 3.55. The quantitative estimate of drug-likeness (QED) is 0.401. The predicted octanol–water partition coefficient (Wildman–Crippen LogP) is 5.07. The van der Waals surface area contributed by atoms with E-state index >= 15 is 0 Å². The Labute approximate surface area is 190 Å². The Kier molecular flexibility index (Phi) is 6.23. The molecule has 0 saturated carbocycles. The van der Waals surface area contributed by atoms with Crippen LogP contribution in [0.4, 0.5) is 0 Å². The molecule has 0 aliphatic heterocycles. The van der Waals surface area contributed by atoms with Gasteiger partial charge < -0.3 is 14.6 Å². The van der Waals surface area contributed by atoms with E-state index < -0.39 is 6.04 Å². The fourth-order valence-electron chi connectivity index (χ4n) is 3.57. The van der Waals surface area contributed by atoms with Gasteiger partial charge in [0.05, 0.1) is 30.7 Å². The van der Waals surface area contributed by atoms with Crippen molar-refractivity contribution in [2.75, 3.05) is 7.11 Å². The molecule has 0 bridgehead atoms. The lowest BCUT2D eigenvalue weighted by atomic mass is 10.1. The number of rotatable bonds is 7. The molecule has 1 N–H and O–H groups in total. The van der Waals surface area contributed by atoms with Crippen molar-refractivity contribution in [3.05, 3.63) is 94.8 Å². The highest BCUT2D eigenvalue weighted by atomic mass is 35.5. The summed E-state index contributed by atoms with van der Waals surface area (Å²) in [6.07, 6.45) is 0. The molecule has 6 nitrogen and oxygen atoms in total. The number of amides is 1. The van der Waals surface area contributed by atoms with Crippen LogP contribution in [0.1, 0.15) is 39.5 Å². The van der Waals surface area contributed by atoms with Crippen molar-refractivity contribution in [2.45, 2.75) is 19.5 Å². The highest BCUT2D eigenvalue weighted by Gasteiger charge is 2.21. The fraction of sp³-hybridized carbons (Fsp3) is 0.160. The third-order valence-corrected chi connectivity index (χ3v) is 5.47. The zero-order valence-corrected chi connectivity index (χ0v) is 18.5. The number of para-hydroxylation sites is 2. The molecule has 162 valence electrons. The topological polar surface area (TPSA) is 73.2 Å². The average Bonchev–Trinajstić information content (AvgIpc) is 3.18. The van der Waals surface area contributed by atoms with Gasteiger partial charge in [-0.15, -0.1) is 0 Å². The van der Waals surface area contributed by atoms with Crippen molar-refractivity contribution in [1.29, 1.82) is 0 Å². The molecular formula is C25H22ClN3O3. The van der Waals surface area contributed by atoms with Gasteiger partial charge in [-0.25, -0.2) is 4.98 Å². The van der Waals surface area contributed by atoms with E-state index in [-0.39, 0.29) is 18.2 Å². The van der Waals surface area contributed by atoms with Gasteiger partial charge in [-0.2, -0.15) is 0 Å². The summed E-state index contributed by atoms with van der Waals surface area (Å²) in [5.41, 5.74) is 2.63. The van der Waals surface area contributed by atoms with Gasteiger partial charge in [-0.3, -0.25) is 9.59 Å². The molecular weight excluding hydrogens is 426 g/mol. The molecule has 1 atom stereocenters.